The highest BCUT2D eigenvalue weighted by atomic mass is 19.1. The first kappa shape index (κ1) is 21.9. The van der Waals surface area contributed by atoms with Crippen LogP contribution in [0.2, 0.25) is 0 Å². The molecule has 2 saturated heterocycles. The maximum atomic E-state index is 13.1. The van der Waals surface area contributed by atoms with E-state index in [-0.39, 0.29) is 5.91 Å². The molecule has 5 heterocycles. The van der Waals surface area contributed by atoms with Crippen LogP contribution in [0.25, 0.3) is 11.1 Å². The minimum Gasteiger partial charge on any atom is -0.481 e. The molecule has 1 N–H and O–H groups in total. The Morgan fingerprint density at radius 2 is 2.03 bits per heavy atom. The van der Waals surface area contributed by atoms with Gasteiger partial charge in [0.1, 0.15) is 17.5 Å². The van der Waals surface area contributed by atoms with E-state index < -0.39 is 11.8 Å². The second-order valence-electron chi connectivity index (χ2n) is 9.90. The van der Waals surface area contributed by atoms with Crippen LogP contribution in [0.5, 0.6) is 5.75 Å². The zero-order valence-electron chi connectivity index (χ0n) is 19.8. The molecule has 0 saturated carbocycles. The fraction of sp³-hybridized carbons (Fsp3) is 0.385. The van der Waals surface area contributed by atoms with Crippen LogP contribution >= 0.6 is 0 Å². The lowest BCUT2D eigenvalue weighted by molar-refractivity contribution is -0.117. The van der Waals surface area contributed by atoms with Gasteiger partial charge in [0.15, 0.2) is 0 Å². The van der Waals surface area contributed by atoms with Gasteiger partial charge in [0, 0.05) is 67.9 Å². The van der Waals surface area contributed by atoms with Gasteiger partial charge in [-0.3, -0.25) is 14.7 Å². The maximum Gasteiger partial charge on any atom is 0.227 e. The Morgan fingerprint density at radius 1 is 1.17 bits per heavy atom. The van der Waals surface area contributed by atoms with Crippen molar-refractivity contribution >= 4 is 23.2 Å². The van der Waals surface area contributed by atoms with Gasteiger partial charge in [0.25, 0.3) is 0 Å². The molecule has 9 heteroatoms. The summed E-state index contributed by atoms with van der Waals surface area (Å²) in [5, 5.41) is 3.25. The van der Waals surface area contributed by atoms with Gasteiger partial charge in [-0.25, -0.2) is 14.4 Å². The molecule has 180 valence electrons. The smallest absolute Gasteiger partial charge is 0.227 e. The molecule has 1 amide bonds. The van der Waals surface area contributed by atoms with E-state index in [1.807, 2.05) is 54.1 Å². The number of hydrogen-bond donors (Lipinski definition) is 1. The Balaban J connectivity index is 1.26. The zero-order chi connectivity index (χ0) is 24.2. The second-order valence-corrected chi connectivity index (χ2v) is 9.90. The fourth-order valence-corrected chi connectivity index (χ4v) is 4.99. The number of anilines is 3. The van der Waals surface area contributed by atoms with Gasteiger partial charge in [0.05, 0.1) is 17.6 Å². The number of carbonyl (C=O) groups is 1. The third-order valence-corrected chi connectivity index (χ3v) is 6.73. The summed E-state index contributed by atoms with van der Waals surface area (Å²) in [4.78, 5) is 29.7. The number of amides is 1. The highest BCUT2D eigenvalue weighted by Crippen LogP contribution is 2.46. The van der Waals surface area contributed by atoms with Crippen molar-refractivity contribution in [3.8, 4) is 16.9 Å². The molecular formula is C26H27FN6O2. The van der Waals surface area contributed by atoms with Crippen molar-refractivity contribution in [2.24, 2.45) is 0 Å². The molecule has 0 bridgehead atoms. The molecule has 3 aliphatic heterocycles. The van der Waals surface area contributed by atoms with Crippen molar-refractivity contribution in [2.75, 3.05) is 29.9 Å². The highest BCUT2D eigenvalue weighted by molar-refractivity contribution is 5.96. The van der Waals surface area contributed by atoms with Crippen LogP contribution in [-0.4, -0.2) is 51.6 Å². The molecule has 0 aliphatic carbocycles. The number of nitrogens with zero attached hydrogens (tertiary/aromatic N) is 5. The Morgan fingerprint density at radius 3 is 2.80 bits per heavy atom. The van der Waals surface area contributed by atoms with E-state index in [2.05, 4.69) is 15.3 Å². The Bertz CT molecular complexity index is 1310. The molecule has 0 spiro atoms. The summed E-state index contributed by atoms with van der Waals surface area (Å²) in [5.74, 6) is 1.33. The van der Waals surface area contributed by atoms with E-state index in [1.165, 1.54) is 0 Å². The number of rotatable bonds is 5. The number of hydrogen-bond acceptors (Lipinski definition) is 7. The summed E-state index contributed by atoms with van der Waals surface area (Å²) >= 11 is 0. The SMILES string of the molecule is CC1(C)Oc2cc(N3CCCC3=O)ccc2-c2cnc(Nc3cncc(CN4CC(F)C4)c3)nc21. The molecule has 1 aromatic carbocycles. The van der Waals surface area contributed by atoms with Gasteiger partial charge >= 0.3 is 0 Å². The molecule has 0 atom stereocenters. The van der Waals surface area contributed by atoms with Gasteiger partial charge in [-0.1, -0.05) is 0 Å². The van der Waals surface area contributed by atoms with E-state index in [9.17, 15) is 9.18 Å². The minimum atomic E-state index is -0.724. The van der Waals surface area contributed by atoms with Gasteiger partial charge in [-0.05, 0) is 44.0 Å². The van der Waals surface area contributed by atoms with E-state index in [1.54, 1.807) is 12.4 Å². The van der Waals surface area contributed by atoms with E-state index in [0.717, 1.165) is 52.5 Å². The number of alkyl halides is 1. The van der Waals surface area contributed by atoms with E-state index >= 15 is 0 Å². The molecule has 3 aliphatic rings. The molecule has 2 fully saturated rings. The van der Waals surface area contributed by atoms with Gasteiger partial charge in [-0.15, -0.1) is 0 Å². The summed E-state index contributed by atoms with van der Waals surface area (Å²) in [6.45, 7) is 6.30. The standard InChI is InChI=1S/C26H27FN6O2/c1-26(2)24-21(20-6-5-19(9-22(20)35-26)33-7-3-4-23(33)34)12-29-25(31-24)30-18-8-16(10-28-11-18)13-32-14-17(27)15-32/h5-6,8-12,17H,3-4,7,13-15H2,1-2H3,(H,29,30,31). The van der Waals surface area contributed by atoms with E-state index in [4.69, 9.17) is 9.72 Å². The van der Waals surface area contributed by atoms with Crippen molar-refractivity contribution in [1.29, 1.82) is 0 Å². The number of aromatic nitrogens is 3. The number of likely N-dealkylation sites (tertiary alicyclic amines) is 1. The van der Waals surface area contributed by atoms with Crippen LogP contribution in [0.1, 0.15) is 37.9 Å². The lowest BCUT2D eigenvalue weighted by atomic mass is 9.91. The van der Waals surface area contributed by atoms with Gasteiger partial charge in [0.2, 0.25) is 11.9 Å². The highest BCUT2D eigenvalue weighted by Gasteiger charge is 2.36. The Labute approximate surface area is 203 Å². The zero-order valence-corrected chi connectivity index (χ0v) is 19.8. The molecule has 8 nitrogen and oxygen atoms in total. The fourth-order valence-electron chi connectivity index (χ4n) is 4.99. The number of fused-ring (bicyclic) bond motifs is 3. The first-order valence-electron chi connectivity index (χ1n) is 11.9. The summed E-state index contributed by atoms with van der Waals surface area (Å²) < 4.78 is 19.5. The van der Waals surface area contributed by atoms with Gasteiger partial charge in [-0.2, -0.15) is 0 Å². The first-order chi connectivity index (χ1) is 16.9. The lowest BCUT2D eigenvalue weighted by Gasteiger charge is -2.34. The summed E-state index contributed by atoms with van der Waals surface area (Å²) in [5.41, 5.74) is 4.55. The van der Waals surface area contributed by atoms with Crippen molar-refractivity contribution in [3.63, 3.8) is 0 Å². The van der Waals surface area contributed by atoms with Gasteiger partial charge < -0.3 is 15.0 Å². The predicted molar refractivity (Wildman–Crippen MR) is 130 cm³/mol. The van der Waals surface area contributed by atoms with E-state index in [0.29, 0.717) is 32.0 Å². The number of benzene rings is 1. The summed E-state index contributed by atoms with van der Waals surface area (Å²) in [7, 11) is 0. The van der Waals surface area contributed by atoms with Crippen molar-refractivity contribution in [1.82, 2.24) is 19.9 Å². The van der Waals surface area contributed by atoms with Crippen LogP contribution in [-0.2, 0) is 16.9 Å². The lowest BCUT2D eigenvalue weighted by Crippen LogP contribution is -2.47. The molecule has 35 heavy (non-hydrogen) atoms. The maximum absolute atomic E-state index is 13.1. The first-order valence-corrected chi connectivity index (χ1v) is 11.9. The molecule has 2 aromatic heterocycles. The quantitative estimate of drug-likeness (QED) is 0.594. The average molecular weight is 475 g/mol. The van der Waals surface area contributed by atoms with Crippen LogP contribution in [0.15, 0.2) is 42.9 Å². The summed E-state index contributed by atoms with van der Waals surface area (Å²) in [6.07, 6.45) is 6.07. The molecule has 0 unspecified atom stereocenters. The van der Waals surface area contributed by atoms with Crippen molar-refractivity contribution < 1.29 is 13.9 Å². The normalized spacial score (nSPS) is 19.1. The Kier molecular flexibility index (Phi) is 5.17. The third-order valence-electron chi connectivity index (χ3n) is 6.73. The average Bonchev–Trinajstić information content (AvgIpc) is 3.24. The minimum absolute atomic E-state index is 0.148. The molecule has 6 rings (SSSR count). The van der Waals surface area contributed by atoms with Crippen molar-refractivity contribution in [2.45, 2.75) is 45.0 Å². The number of carbonyl (C=O) groups excluding carboxylic acids is 1. The van der Waals surface area contributed by atoms with Crippen LogP contribution < -0.4 is 15.0 Å². The third kappa shape index (κ3) is 4.10. The molecule has 0 radical (unpaired) electrons. The summed E-state index contributed by atoms with van der Waals surface area (Å²) in [6, 6.07) is 7.86. The molecular weight excluding hydrogens is 447 g/mol. The van der Waals surface area contributed by atoms with Crippen LogP contribution in [0.3, 0.4) is 0 Å². The number of ether oxygens (including phenoxy) is 1. The monoisotopic (exact) mass is 474 g/mol. The molecule has 3 aromatic rings. The predicted octanol–water partition coefficient (Wildman–Crippen LogP) is 4.19. The number of halogens is 1. The number of pyridine rings is 1. The topological polar surface area (TPSA) is 83.5 Å². The largest absolute Gasteiger partial charge is 0.481 e. The van der Waals surface area contributed by atoms with Crippen LogP contribution in [0.4, 0.5) is 21.7 Å². The Hall–Kier alpha value is -3.59. The number of nitrogens with one attached hydrogen (secondary N) is 1. The van der Waals surface area contributed by atoms with Crippen LogP contribution in [0, 0.1) is 0 Å². The van der Waals surface area contributed by atoms with Crippen molar-refractivity contribution in [3.05, 3.63) is 54.1 Å². The second kappa shape index (κ2) is 8.27.